The van der Waals surface area contributed by atoms with E-state index in [2.05, 4.69) is 25.1 Å². The number of hydrogen-bond acceptors (Lipinski definition) is 6. The Hall–Kier alpha value is -4.36. The Morgan fingerprint density at radius 2 is 1.80 bits per heavy atom. The number of nitrogens with zero attached hydrogens (tertiary/aromatic N) is 5. The van der Waals surface area contributed by atoms with Gasteiger partial charge in [0.1, 0.15) is 12.1 Å². The number of amides is 3. The van der Waals surface area contributed by atoms with E-state index in [4.69, 9.17) is 11.6 Å². The first-order valence-electron chi connectivity index (χ1n) is 13.9. The number of nitrogens with one attached hydrogen (secondary N) is 1. The van der Waals surface area contributed by atoms with E-state index in [0.717, 1.165) is 16.7 Å². The van der Waals surface area contributed by atoms with E-state index in [0.29, 0.717) is 33.9 Å². The van der Waals surface area contributed by atoms with Gasteiger partial charge in [-0.1, -0.05) is 74.5 Å². The average Bonchev–Trinajstić information content (AvgIpc) is 3.62. The number of halogens is 4. The molecule has 0 bridgehead atoms. The number of aromatic nitrogens is 3. The zero-order valence-electron chi connectivity index (χ0n) is 24.4. The summed E-state index contributed by atoms with van der Waals surface area (Å²) in [6.07, 6.45) is -3.30. The number of thioether (sulfide) groups is 1. The maximum absolute atomic E-state index is 12.8. The molecule has 9 nitrogen and oxygen atoms in total. The Kier molecular flexibility index (Phi) is 9.49. The SMILES string of the molecule is CC(C)c1ccc(Cl)cc1N1C(=O)CS/C1=N\C(=O)NCC(C)c1ccc(-c2ncn(-c3ccc(OC(F)(F)F)cc3)n2)cc1. The number of carbonyl (C=O) groups excluding carboxylic acids is 2. The van der Waals surface area contributed by atoms with Crippen molar-refractivity contribution in [3.63, 3.8) is 0 Å². The van der Waals surface area contributed by atoms with Crippen LogP contribution in [0.15, 0.2) is 78.0 Å². The maximum Gasteiger partial charge on any atom is 0.573 e. The molecule has 4 aromatic rings. The van der Waals surface area contributed by atoms with Gasteiger partial charge in [-0.05, 0) is 59.4 Å². The molecule has 14 heteroatoms. The first kappa shape index (κ1) is 32.0. The van der Waals surface area contributed by atoms with Crippen LogP contribution in [0.2, 0.25) is 5.02 Å². The molecular formula is C31H28ClF3N6O3S. The summed E-state index contributed by atoms with van der Waals surface area (Å²) < 4.78 is 42.6. The van der Waals surface area contributed by atoms with Gasteiger partial charge < -0.3 is 10.1 Å². The number of amidine groups is 1. The third kappa shape index (κ3) is 7.84. The normalized spacial score (nSPS) is 15.2. The van der Waals surface area contributed by atoms with E-state index in [1.54, 1.807) is 12.1 Å². The highest BCUT2D eigenvalue weighted by atomic mass is 35.5. The third-order valence-electron chi connectivity index (χ3n) is 6.94. The predicted molar refractivity (Wildman–Crippen MR) is 168 cm³/mol. The van der Waals surface area contributed by atoms with Crippen molar-refractivity contribution < 1.29 is 27.5 Å². The average molecular weight is 657 g/mol. The minimum atomic E-state index is -4.76. The summed E-state index contributed by atoms with van der Waals surface area (Å²) in [7, 11) is 0. The smallest absolute Gasteiger partial charge is 0.406 e. The monoisotopic (exact) mass is 656 g/mol. The summed E-state index contributed by atoms with van der Waals surface area (Å²) in [4.78, 5) is 35.5. The van der Waals surface area contributed by atoms with Crippen LogP contribution in [0.3, 0.4) is 0 Å². The number of carbonyl (C=O) groups is 2. The molecule has 1 aliphatic rings. The Morgan fingerprint density at radius 1 is 1.09 bits per heavy atom. The highest BCUT2D eigenvalue weighted by Gasteiger charge is 2.33. The van der Waals surface area contributed by atoms with Crippen molar-refractivity contribution in [3.8, 4) is 22.8 Å². The van der Waals surface area contributed by atoms with E-state index < -0.39 is 12.4 Å². The molecule has 1 atom stereocenters. The lowest BCUT2D eigenvalue weighted by Gasteiger charge is -2.22. The van der Waals surface area contributed by atoms with Gasteiger partial charge in [0.25, 0.3) is 0 Å². The van der Waals surface area contributed by atoms with Gasteiger partial charge in [-0.15, -0.1) is 18.3 Å². The fourth-order valence-electron chi connectivity index (χ4n) is 4.65. The van der Waals surface area contributed by atoms with Crippen LogP contribution in [0.1, 0.15) is 43.7 Å². The largest absolute Gasteiger partial charge is 0.573 e. The van der Waals surface area contributed by atoms with Crippen LogP contribution in [-0.2, 0) is 4.79 Å². The molecule has 1 N–H and O–H groups in total. The first-order valence-corrected chi connectivity index (χ1v) is 15.2. The van der Waals surface area contributed by atoms with Gasteiger partial charge in [-0.3, -0.25) is 9.69 Å². The molecule has 0 spiro atoms. The van der Waals surface area contributed by atoms with Gasteiger partial charge in [-0.25, -0.2) is 14.5 Å². The van der Waals surface area contributed by atoms with Crippen molar-refractivity contribution in [2.45, 2.75) is 39.0 Å². The second-order valence-electron chi connectivity index (χ2n) is 10.5. The second kappa shape index (κ2) is 13.3. The van der Waals surface area contributed by atoms with Crippen molar-refractivity contribution in [1.82, 2.24) is 20.1 Å². The quantitative estimate of drug-likeness (QED) is 0.210. The van der Waals surface area contributed by atoms with Gasteiger partial charge in [0.15, 0.2) is 11.0 Å². The fraction of sp³-hybridized carbons (Fsp3) is 0.258. The van der Waals surface area contributed by atoms with Crippen LogP contribution in [0.5, 0.6) is 5.75 Å². The van der Waals surface area contributed by atoms with Gasteiger partial charge in [0, 0.05) is 17.1 Å². The van der Waals surface area contributed by atoms with E-state index >= 15 is 0 Å². The number of ether oxygens (including phenoxy) is 1. The molecule has 1 fully saturated rings. The van der Waals surface area contributed by atoms with Crippen LogP contribution in [-0.4, -0.2) is 50.5 Å². The molecule has 234 valence electrons. The van der Waals surface area contributed by atoms with Gasteiger partial charge in [-0.2, -0.15) is 4.99 Å². The molecule has 45 heavy (non-hydrogen) atoms. The lowest BCUT2D eigenvalue weighted by atomic mass is 10.00. The molecule has 3 amide bonds. The summed E-state index contributed by atoms with van der Waals surface area (Å²) in [6, 6.07) is 17.6. The molecule has 1 aliphatic heterocycles. The number of alkyl halides is 3. The highest BCUT2D eigenvalue weighted by Crippen LogP contribution is 2.35. The summed E-state index contributed by atoms with van der Waals surface area (Å²) in [5.74, 6) is 0.189. The van der Waals surface area contributed by atoms with Crippen molar-refractivity contribution in [2.24, 2.45) is 4.99 Å². The summed E-state index contributed by atoms with van der Waals surface area (Å²) in [5.41, 5.74) is 3.77. The maximum atomic E-state index is 12.8. The van der Waals surface area contributed by atoms with Crippen LogP contribution < -0.4 is 15.0 Å². The minimum Gasteiger partial charge on any atom is -0.406 e. The molecule has 3 aromatic carbocycles. The highest BCUT2D eigenvalue weighted by molar-refractivity contribution is 8.15. The van der Waals surface area contributed by atoms with Gasteiger partial charge >= 0.3 is 12.4 Å². The zero-order valence-corrected chi connectivity index (χ0v) is 26.0. The van der Waals surface area contributed by atoms with Crippen molar-refractivity contribution in [3.05, 3.63) is 89.2 Å². The molecule has 1 aromatic heterocycles. The number of benzene rings is 3. The molecule has 1 saturated heterocycles. The lowest BCUT2D eigenvalue weighted by molar-refractivity contribution is -0.274. The van der Waals surface area contributed by atoms with E-state index in [9.17, 15) is 22.8 Å². The number of rotatable bonds is 8. The van der Waals surface area contributed by atoms with Gasteiger partial charge in [0.2, 0.25) is 5.91 Å². The Bertz CT molecular complexity index is 1730. The Labute approximate surface area is 266 Å². The number of urea groups is 1. The summed E-state index contributed by atoms with van der Waals surface area (Å²) in [5, 5.41) is 8.04. The third-order valence-corrected chi connectivity index (χ3v) is 8.10. The molecule has 2 heterocycles. The molecule has 1 unspecified atom stereocenters. The first-order chi connectivity index (χ1) is 21.4. The van der Waals surface area contributed by atoms with E-state index in [1.807, 2.05) is 51.1 Å². The molecule has 5 rings (SSSR count). The van der Waals surface area contributed by atoms with Crippen LogP contribution in [0.25, 0.3) is 17.1 Å². The van der Waals surface area contributed by atoms with Crippen molar-refractivity contribution in [2.75, 3.05) is 17.2 Å². The lowest BCUT2D eigenvalue weighted by Crippen LogP contribution is -2.33. The topological polar surface area (TPSA) is 102 Å². The van der Waals surface area contributed by atoms with Crippen LogP contribution >= 0.6 is 23.4 Å². The van der Waals surface area contributed by atoms with Crippen molar-refractivity contribution in [1.29, 1.82) is 0 Å². The Balaban J connectivity index is 1.20. The van der Waals surface area contributed by atoms with E-state index in [1.165, 1.54) is 51.9 Å². The van der Waals surface area contributed by atoms with Crippen LogP contribution in [0, 0.1) is 0 Å². The summed E-state index contributed by atoms with van der Waals surface area (Å²) >= 11 is 7.43. The number of hydrogen-bond donors (Lipinski definition) is 1. The standard InChI is InChI=1S/C31H28ClF3N6O3S/c1-18(2)25-13-8-22(32)14-26(25)41-27(42)16-45-30(41)38-29(43)36-15-19(3)20-4-6-21(7-5-20)28-37-17-40(39-28)23-9-11-24(12-10-23)44-31(33,34)35/h4-14,17-19H,15-16H2,1-3H3,(H,36,43)/b38-30-. The Morgan fingerprint density at radius 3 is 2.47 bits per heavy atom. The molecule has 0 aliphatic carbocycles. The second-order valence-corrected chi connectivity index (χ2v) is 11.9. The van der Waals surface area contributed by atoms with E-state index in [-0.39, 0.29) is 29.2 Å². The van der Waals surface area contributed by atoms with Gasteiger partial charge in [0.05, 0.1) is 17.1 Å². The molecule has 0 radical (unpaired) electrons. The molecular weight excluding hydrogens is 629 g/mol. The predicted octanol–water partition coefficient (Wildman–Crippen LogP) is 7.56. The van der Waals surface area contributed by atoms with Crippen LogP contribution in [0.4, 0.5) is 23.7 Å². The van der Waals surface area contributed by atoms with Crippen molar-refractivity contribution >= 4 is 46.2 Å². The minimum absolute atomic E-state index is 0.0550. The summed E-state index contributed by atoms with van der Waals surface area (Å²) in [6.45, 7) is 6.30. The molecule has 0 saturated carbocycles. The number of anilines is 1. The number of aliphatic imine (C=N–C) groups is 1. The fourth-order valence-corrected chi connectivity index (χ4v) is 5.67. The zero-order chi connectivity index (χ0) is 32.3.